The van der Waals surface area contributed by atoms with Gasteiger partial charge in [0.05, 0.1) is 17.1 Å². The first-order chi connectivity index (χ1) is 19.3. The number of hydrogen-bond acceptors (Lipinski definition) is 4. The van der Waals surface area contributed by atoms with E-state index in [9.17, 15) is 0 Å². The molecule has 1 unspecified atom stereocenters. The minimum absolute atomic E-state index is 0.378. The van der Waals surface area contributed by atoms with Crippen molar-refractivity contribution in [3.05, 3.63) is 109 Å². The lowest BCUT2D eigenvalue weighted by atomic mass is 9.87. The fraction of sp³-hybridized carbons (Fsp3) is 0.306. The number of likely N-dealkylation sites (tertiary alicyclic amines) is 1. The molecule has 3 heterocycles. The molecule has 1 fully saturated rings. The average molecular weight is 537 g/mol. The molecule has 4 nitrogen and oxygen atoms in total. The summed E-state index contributed by atoms with van der Waals surface area (Å²) in [7, 11) is 0. The van der Waals surface area contributed by atoms with Crippen LogP contribution in [0.1, 0.15) is 61.8 Å². The van der Waals surface area contributed by atoms with Crippen molar-refractivity contribution in [3.8, 4) is 5.75 Å². The summed E-state index contributed by atoms with van der Waals surface area (Å²) in [4.78, 5) is 7.38. The van der Waals surface area contributed by atoms with Crippen LogP contribution >= 0.6 is 0 Å². The van der Waals surface area contributed by atoms with E-state index in [0.717, 1.165) is 51.1 Å². The fourth-order valence-electron chi connectivity index (χ4n) is 5.90. The van der Waals surface area contributed by atoms with E-state index in [1.165, 1.54) is 11.1 Å². The quantitative estimate of drug-likeness (QED) is 0.246. The Kier molecular flexibility index (Phi) is 9.47. The Labute approximate surface area is 240 Å². The van der Waals surface area contributed by atoms with Crippen LogP contribution in [0, 0.1) is 0 Å². The molecule has 3 aromatic rings. The number of furan rings is 1. The van der Waals surface area contributed by atoms with Crippen molar-refractivity contribution in [3.63, 3.8) is 0 Å². The van der Waals surface area contributed by atoms with Gasteiger partial charge in [-0.05, 0) is 76.5 Å². The van der Waals surface area contributed by atoms with E-state index in [0.29, 0.717) is 0 Å². The molecule has 2 aliphatic heterocycles. The van der Waals surface area contributed by atoms with Gasteiger partial charge in [0.25, 0.3) is 0 Å². The van der Waals surface area contributed by atoms with Crippen molar-refractivity contribution in [2.45, 2.75) is 73.1 Å². The van der Waals surface area contributed by atoms with Gasteiger partial charge in [0.1, 0.15) is 22.6 Å². The zero-order chi connectivity index (χ0) is 29.7. The lowest BCUT2D eigenvalue weighted by molar-refractivity contribution is 0.0137. The van der Waals surface area contributed by atoms with Crippen molar-refractivity contribution in [2.75, 3.05) is 0 Å². The van der Waals surface area contributed by atoms with E-state index < -0.39 is 5.72 Å². The van der Waals surface area contributed by atoms with Gasteiger partial charge in [-0.1, -0.05) is 69.9 Å². The van der Waals surface area contributed by atoms with Gasteiger partial charge >= 0.3 is 0 Å². The first-order valence-electron chi connectivity index (χ1n) is 14.1. The Morgan fingerprint density at radius 3 is 2.42 bits per heavy atom. The van der Waals surface area contributed by atoms with E-state index in [-0.39, 0.29) is 5.54 Å². The third-order valence-electron chi connectivity index (χ3n) is 7.23. The standard InChI is InChI=1S/C32H34N2O2.C2H6.C2H4/c1-8-10-14-21(3)29-23(5)32(34(31(29,6)7)22(4)15-11-9-2)20-33-30-27(36-32)19-18-26-28(30)24-16-12-13-17-25(24)35-26;2*1-2/h9-20H,5,8H2,1-4,6-7H3;1-2H3;1-2H2/b11-9-,14-10-,22-15+,29-21+;;. The van der Waals surface area contributed by atoms with Gasteiger partial charge in [-0.2, -0.15) is 0 Å². The van der Waals surface area contributed by atoms with Crippen LogP contribution in [-0.2, 0) is 0 Å². The van der Waals surface area contributed by atoms with Crippen molar-refractivity contribution in [2.24, 2.45) is 4.99 Å². The molecule has 1 atom stereocenters. The Hall–Kier alpha value is -4.05. The van der Waals surface area contributed by atoms with E-state index in [4.69, 9.17) is 14.1 Å². The summed E-state index contributed by atoms with van der Waals surface area (Å²) in [6.07, 6.45) is 13.5. The van der Waals surface area contributed by atoms with Crippen LogP contribution < -0.4 is 4.74 Å². The van der Waals surface area contributed by atoms with Crippen LogP contribution in [0.2, 0.25) is 0 Å². The highest BCUT2D eigenvalue weighted by atomic mass is 16.5. The summed E-state index contributed by atoms with van der Waals surface area (Å²) in [5, 5.41) is 2.01. The summed E-state index contributed by atoms with van der Waals surface area (Å²) in [6, 6.07) is 12.0. The van der Waals surface area contributed by atoms with E-state index in [1.807, 2.05) is 63.4 Å². The van der Waals surface area contributed by atoms with E-state index in [2.05, 4.69) is 89.6 Å². The van der Waals surface area contributed by atoms with Crippen LogP contribution in [0.3, 0.4) is 0 Å². The maximum absolute atomic E-state index is 6.97. The summed E-state index contributed by atoms with van der Waals surface area (Å²) in [6.45, 7) is 27.5. The van der Waals surface area contributed by atoms with Crippen LogP contribution in [0.4, 0.5) is 5.69 Å². The van der Waals surface area contributed by atoms with Gasteiger partial charge in [-0.15, -0.1) is 13.2 Å². The normalized spacial score (nSPS) is 20.9. The molecule has 0 bridgehead atoms. The molecule has 40 heavy (non-hydrogen) atoms. The predicted octanol–water partition coefficient (Wildman–Crippen LogP) is 10.6. The molecule has 1 spiro atoms. The highest BCUT2D eigenvalue weighted by Crippen LogP contribution is 2.55. The Morgan fingerprint density at radius 1 is 1.05 bits per heavy atom. The molecule has 210 valence electrons. The second-order valence-electron chi connectivity index (χ2n) is 10.0. The van der Waals surface area contributed by atoms with Gasteiger partial charge in [-0.25, -0.2) is 4.99 Å². The molecular formula is C36H44N2O2. The second-order valence-corrected chi connectivity index (χ2v) is 10.0. The van der Waals surface area contributed by atoms with Crippen LogP contribution in [0.15, 0.2) is 118 Å². The highest BCUT2D eigenvalue weighted by Gasteiger charge is 2.59. The third kappa shape index (κ3) is 4.88. The number of hydrogen-bond donors (Lipinski definition) is 0. The van der Waals surface area contributed by atoms with E-state index >= 15 is 0 Å². The molecule has 0 N–H and O–H groups in total. The molecule has 1 aromatic heterocycles. The van der Waals surface area contributed by atoms with Crippen LogP contribution in [0.25, 0.3) is 21.9 Å². The van der Waals surface area contributed by atoms with Gasteiger partial charge in [0, 0.05) is 16.7 Å². The van der Waals surface area contributed by atoms with Crippen LogP contribution in [0.5, 0.6) is 5.75 Å². The minimum Gasteiger partial charge on any atom is -0.456 e. The molecule has 2 aliphatic rings. The number of ether oxygens (including phenoxy) is 1. The molecule has 0 saturated carbocycles. The number of aliphatic imine (C=N–C) groups is 1. The van der Waals surface area contributed by atoms with Crippen molar-refractivity contribution in [1.82, 2.24) is 4.90 Å². The Bertz CT molecular complexity index is 1540. The minimum atomic E-state index is -0.942. The van der Waals surface area contributed by atoms with Gasteiger partial charge in [0.15, 0.2) is 0 Å². The molecule has 2 aromatic carbocycles. The molecule has 1 saturated heterocycles. The topological polar surface area (TPSA) is 38.0 Å². The van der Waals surface area contributed by atoms with Gasteiger partial charge in [-0.3, -0.25) is 0 Å². The number of para-hydroxylation sites is 1. The molecule has 0 aliphatic carbocycles. The summed E-state index contributed by atoms with van der Waals surface area (Å²) in [5.74, 6) is 0.723. The first kappa shape index (κ1) is 30.5. The largest absolute Gasteiger partial charge is 0.456 e. The molecule has 4 heteroatoms. The summed E-state index contributed by atoms with van der Waals surface area (Å²) < 4.78 is 13.1. The molecule has 0 radical (unpaired) electrons. The number of allylic oxidation sites excluding steroid dienone is 7. The number of nitrogens with zero attached hydrogens (tertiary/aromatic N) is 2. The molecule has 5 rings (SSSR count). The average Bonchev–Trinajstić information content (AvgIpc) is 3.42. The van der Waals surface area contributed by atoms with Crippen molar-refractivity contribution >= 4 is 33.8 Å². The second kappa shape index (κ2) is 12.4. The Balaban J connectivity index is 0.00000106. The SMILES string of the molecule is C=C.C=C1/C(=C(C)\C=C/CC)C(C)(C)N(/C(C)=C/C=C\C)C12C=Nc1c(ccc3oc4ccccc4c13)O2.CC. The fourth-order valence-corrected chi connectivity index (χ4v) is 5.90. The summed E-state index contributed by atoms with van der Waals surface area (Å²) in [5.41, 5.74) is 5.47. The van der Waals surface area contributed by atoms with Crippen LogP contribution in [-0.4, -0.2) is 22.4 Å². The highest BCUT2D eigenvalue weighted by molar-refractivity contribution is 6.13. The molecular weight excluding hydrogens is 492 g/mol. The smallest absolute Gasteiger partial charge is 0.246 e. The Morgan fingerprint density at radius 2 is 1.75 bits per heavy atom. The zero-order valence-corrected chi connectivity index (χ0v) is 25.5. The maximum atomic E-state index is 6.97. The van der Waals surface area contributed by atoms with Crippen molar-refractivity contribution < 1.29 is 9.15 Å². The first-order valence-corrected chi connectivity index (χ1v) is 14.1. The van der Waals surface area contributed by atoms with Gasteiger partial charge in [0.2, 0.25) is 5.72 Å². The lowest BCUT2D eigenvalue weighted by Crippen LogP contribution is -2.56. The summed E-state index contributed by atoms with van der Waals surface area (Å²) >= 11 is 0. The molecule has 0 amide bonds. The number of fused-ring (bicyclic) bond motifs is 5. The third-order valence-corrected chi connectivity index (χ3v) is 7.23. The number of benzene rings is 2. The lowest BCUT2D eigenvalue weighted by Gasteiger charge is -2.45. The van der Waals surface area contributed by atoms with Gasteiger partial charge < -0.3 is 14.1 Å². The van der Waals surface area contributed by atoms with Crippen molar-refractivity contribution in [1.29, 1.82) is 0 Å². The number of rotatable bonds is 4. The maximum Gasteiger partial charge on any atom is 0.246 e. The zero-order valence-electron chi connectivity index (χ0n) is 25.5. The van der Waals surface area contributed by atoms with E-state index in [1.54, 1.807) is 0 Å². The monoisotopic (exact) mass is 536 g/mol. The predicted molar refractivity (Wildman–Crippen MR) is 174 cm³/mol.